The Morgan fingerprint density at radius 1 is 1.00 bits per heavy atom. The third-order valence-corrected chi connectivity index (χ3v) is 8.10. The molecule has 3 rings (SSSR count). The number of nitrogens with one attached hydrogen (secondary N) is 2. The molecule has 0 saturated heterocycles. The van der Waals surface area contributed by atoms with Crippen molar-refractivity contribution in [3.8, 4) is 5.75 Å². The van der Waals surface area contributed by atoms with Crippen molar-refractivity contribution in [1.82, 2.24) is 10.6 Å². The minimum atomic E-state index is -0.471. The highest BCUT2D eigenvalue weighted by atomic mass is 32.1. The van der Waals surface area contributed by atoms with Gasteiger partial charge in [0.1, 0.15) is 11.8 Å². The van der Waals surface area contributed by atoms with Gasteiger partial charge in [-0.3, -0.25) is 19.4 Å². The number of allylic oxidation sites excluding steroid dienone is 1. The number of ketones is 2. The minimum absolute atomic E-state index is 0.00452. The number of thiol groups is 2. The zero-order valence-electron chi connectivity index (χ0n) is 22.9. The van der Waals surface area contributed by atoms with Crippen LogP contribution in [-0.4, -0.2) is 73.6 Å². The Labute approximate surface area is 242 Å². The summed E-state index contributed by atoms with van der Waals surface area (Å²) in [6, 6.07) is 6.49. The molecule has 0 bridgehead atoms. The number of aliphatic imine (C=N–C) groups is 1. The van der Waals surface area contributed by atoms with E-state index in [4.69, 9.17) is 9.47 Å². The predicted molar refractivity (Wildman–Crippen MR) is 160 cm³/mol. The van der Waals surface area contributed by atoms with Gasteiger partial charge in [0.15, 0.2) is 5.78 Å². The van der Waals surface area contributed by atoms with Crippen molar-refractivity contribution in [3.05, 3.63) is 41.6 Å². The van der Waals surface area contributed by atoms with Gasteiger partial charge in [0.05, 0.1) is 25.5 Å². The fourth-order valence-corrected chi connectivity index (χ4v) is 5.60. The lowest BCUT2D eigenvalue weighted by Gasteiger charge is -2.18. The average molecular weight is 576 g/mol. The normalized spacial score (nSPS) is 19.6. The number of unbranched alkanes of at least 4 members (excludes halogenated alkanes) is 2. The molecule has 8 nitrogen and oxygen atoms in total. The monoisotopic (exact) mass is 575 g/mol. The molecule has 39 heavy (non-hydrogen) atoms. The molecule has 1 heterocycles. The summed E-state index contributed by atoms with van der Waals surface area (Å²) < 4.78 is 10.6. The molecule has 1 unspecified atom stereocenters. The highest BCUT2D eigenvalue weighted by Crippen LogP contribution is 2.40. The van der Waals surface area contributed by atoms with Crippen molar-refractivity contribution < 1.29 is 23.9 Å². The first-order valence-electron chi connectivity index (χ1n) is 13.7. The summed E-state index contributed by atoms with van der Waals surface area (Å²) in [6.45, 7) is 3.79. The summed E-state index contributed by atoms with van der Waals surface area (Å²) in [5.41, 5.74) is 2.61. The molecule has 2 aliphatic rings. The summed E-state index contributed by atoms with van der Waals surface area (Å²) in [5, 5.41) is 6.26. The lowest BCUT2D eigenvalue weighted by Crippen LogP contribution is -2.46. The molecule has 1 aromatic carbocycles. The molecule has 1 fully saturated rings. The first-order valence-corrected chi connectivity index (χ1v) is 15.0. The van der Waals surface area contributed by atoms with Crippen LogP contribution in [0.5, 0.6) is 5.75 Å². The third kappa shape index (κ3) is 8.93. The highest BCUT2D eigenvalue weighted by molar-refractivity contribution is 7.80. The number of fused-ring (bicyclic) bond motifs is 1. The van der Waals surface area contributed by atoms with Crippen LogP contribution in [0.25, 0.3) is 0 Å². The van der Waals surface area contributed by atoms with Crippen molar-refractivity contribution in [2.24, 2.45) is 16.8 Å². The molecule has 0 aromatic heterocycles. The Kier molecular flexibility index (Phi) is 13.0. The fraction of sp³-hybridized carbons (Fsp3) is 0.586. The fourth-order valence-electron chi connectivity index (χ4n) is 4.99. The predicted octanol–water partition coefficient (Wildman–Crippen LogP) is 3.71. The molecule has 1 aliphatic heterocycles. The van der Waals surface area contributed by atoms with E-state index in [9.17, 15) is 14.4 Å². The Morgan fingerprint density at radius 2 is 1.69 bits per heavy atom. The maximum absolute atomic E-state index is 12.9. The second-order valence-electron chi connectivity index (χ2n) is 10.1. The van der Waals surface area contributed by atoms with Gasteiger partial charge in [0.25, 0.3) is 0 Å². The number of ether oxygens (including phenoxy) is 2. The summed E-state index contributed by atoms with van der Waals surface area (Å²) >= 11 is 8.45. The zero-order valence-corrected chi connectivity index (χ0v) is 24.6. The van der Waals surface area contributed by atoms with Gasteiger partial charge in [0, 0.05) is 48.7 Å². The van der Waals surface area contributed by atoms with E-state index in [0.29, 0.717) is 54.8 Å². The number of Topliss-reactive ketones (excluding diaryl/α,β-unsaturated/α-hetero) is 2. The number of carbonyl (C=O) groups excluding carboxylic acids is 3. The van der Waals surface area contributed by atoms with Gasteiger partial charge in [-0.05, 0) is 67.9 Å². The molecule has 1 aliphatic carbocycles. The molecule has 2 N–H and O–H groups in total. The van der Waals surface area contributed by atoms with E-state index in [2.05, 4.69) is 47.8 Å². The van der Waals surface area contributed by atoms with Gasteiger partial charge >= 0.3 is 5.97 Å². The Balaban J connectivity index is 1.28. The van der Waals surface area contributed by atoms with Crippen molar-refractivity contribution in [3.63, 3.8) is 0 Å². The smallest absolute Gasteiger partial charge is 0.323 e. The van der Waals surface area contributed by atoms with E-state index >= 15 is 0 Å². The number of methoxy groups -OCH3 is 1. The molecule has 0 amide bonds. The lowest BCUT2D eigenvalue weighted by atomic mass is 9.92. The number of nitrogens with zero attached hydrogens (tertiary/aromatic N) is 1. The first kappa shape index (κ1) is 31.4. The SMILES string of the molecule is COC(=O)[C@H](CS)NCCN[C@@H](CS)C(=O)CCCCCOc1ccc(C(=O)C2=NC=C3C2CC[C@@H]3C)cc1. The zero-order chi connectivity index (χ0) is 28.2. The lowest BCUT2D eigenvalue weighted by molar-refractivity contribution is -0.142. The van der Waals surface area contributed by atoms with Gasteiger partial charge < -0.3 is 20.1 Å². The highest BCUT2D eigenvalue weighted by Gasteiger charge is 2.37. The van der Waals surface area contributed by atoms with Crippen LogP contribution in [-0.2, 0) is 14.3 Å². The number of carbonyl (C=O) groups is 3. The van der Waals surface area contributed by atoms with Crippen LogP contribution in [0.1, 0.15) is 55.8 Å². The average Bonchev–Trinajstić information content (AvgIpc) is 3.54. The van der Waals surface area contributed by atoms with Crippen molar-refractivity contribution in [2.45, 2.75) is 57.5 Å². The molecule has 0 radical (unpaired) electrons. The van der Waals surface area contributed by atoms with Crippen LogP contribution in [0.3, 0.4) is 0 Å². The van der Waals surface area contributed by atoms with Crippen molar-refractivity contribution in [2.75, 3.05) is 38.3 Å². The molecule has 1 aromatic rings. The number of benzene rings is 1. The standard InChI is InChI=1S/C29H41N3O5S2/c1-19-7-12-22-23(19)16-32-27(22)28(34)20-8-10-21(11-9-20)37-15-5-3-4-6-26(33)24(17-38)30-13-14-31-25(18-39)29(35)36-2/h8-11,16,19,22,24-25,30-31,38-39H,3-7,12-15,17-18H2,1-2H3/t19-,22?,24-,25-/m0/s1. The van der Waals surface area contributed by atoms with E-state index < -0.39 is 6.04 Å². The Hall–Kier alpha value is -2.14. The number of esters is 1. The third-order valence-electron chi connectivity index (χ3n) is 7.37. The topological polar surface area (TPSA) is 106 Å². The van der Waals surface area contributed by atoms with Gasteiger partial charge in [-0.25, -0.2) is 0 Å². The van der Waals surface area contributed by atoms with Crippen molar-refractivity contribution >= 4 is 48.5 Å². The summed E-state index contributed by atoms with van der Waals surface area (Å²) in [6.07, 6.45) is 6.98. The van der Waals surface area contributed by atoms with Crippen LogP contribution < -0.4 is 15.4 Å². The molecule has 1 saturated carbocycles. The summed E-state index contributed by atoms with van der Waals surface area (Å²) in [4.78, 5) is 41.5. The van der Waals surface area contributed by atoms with E-state index in [1.165, 1.54) is 12.7 Å². The van der Waals surface area contributed by atoms with Gasteiger partial charge in [-0.1, -0.05) is 6.92 Å². The number of rotatable bonds is 18. The van der Waals surface area contributed by atoms with Crippen LogP contribution in [0, 0.1) is 11.8 Å². The number of hydrogen-bond acceptors (Lipinski definition) is 10. The van der Waals surface area contributed by atoms with E-state index in [-0.39, 0.29) is 29.5 Å². The molecule has 214 valence electrons. The summed E-state index contributed by atoms with van der Waals surface area (Å²) in [5.74, 6) is 1.96. The second-order valence-corrected chi connectivity index (χ2v) is 10.8. The second kappa shape index (κ2) is 16.2. The van der Waals surface area contributed by atoms with E-state index in [0.717, 1.165) is 37.9 Å². The number of hydrogen-bond donors (Lipinski definition) is 4. The van der Waals surface area contributed by atoms with Gasteiger partial charge in [-0.15, -0.1) is 0 Å². The van der Waals surface area contributed by atoms with Crippen LogP contribution >= 0.6 is 25.3 Å². The maximum Gasteiger partial charge on any atom is 0.323 e. The minimum Gasteiger partial charge on any atom is -0.494 e. The van der Waals surface area contributed by atoms with Crippen LogP contribution in [0.2, 0.25) is 0 Å². The first-order chi connectivity index (χ1) is 18.9. The molecular weight excluding hydrogens is 534 g/mol. The van der Waals surface area contributed by atoms with E-state index in [1.807, 2.05) is 30.5 Å². The maximum atomic E-state index is 12.9. The van der Waals surface area contributed by atoms with Gasteiger partial charge in [0.2, 0.25) is 5.78 Å². The summed E-state index contributed by atoms with van der Waals surface area (Å²) in [7, 11) is 1.34. The van der Waals surface area contributed by atoms with E-state index in [1.54, 1.807) is 0 Å². The largest absolute Gasteiger partial charge is 0.494 e. The molecular formula is C29H41N3O5S2. The van der Waals surface area contributed by atoms with Gasteiger partial charge in [-0.2, -0.15) is 25.3 Å². The molecule has 10 heteroatoms. The Bertz CT molecular complexity index is 1040. The van der Waals surface area contributed by atoms with Crippen LogP contribution in [0.4, 0.5) is 0 Å². The quantitative estimate of drug-likeness (QED) is 0.0915. The molecule has 4 atom stereocenters. The van der Waals surface area contributed by atoms with Crippen molar-refractivity contribution in [1.29, 1.82) is 0 Å². The Morgan fingerprint density at radius 3 is 2.36 bits per heavy atom. The molecule has 0 spiro atoms. The van der Waals surface area contributed by atoms with Crippen LogP contribution in [0.15, 0.2) is 41.0 Å².